The largest absolute Gasteiger partial charge is 0.436 e. The van der Waals surface area contributed by atoms with Gasteiger partial charge >= 0.3 is 0 Å². The Hall–Kier alpha value is -1.26. The molecule has 0 aliphatic rings. The summed E-state index contributed by atoms with van der Waals surface area (Å²) in [6.07, 6.45) is 0.877. The monoisotopic (exact) mass is 248 g/mol. The van der Waals surface area contributed by atoms with E-state index in [1.165, 1.54) is 10.5 Å². The van der Waals surface area contributed by atoms with E-state index < -0.39 is 0 Å². The van der Waals surface area contributed by atoms with Gasteiger partial charge in [-0.05, 0) is 50.2 Å². The summed E-state index contributed by atoms with van der Waals surface area (Å²) in [5.41, 5.74) is 7.79. The number of hydrogen-bond acceptors (Lipinski definition) is 4. The van der Waals surface area contributed by atoms with Crippen molar-refractivity contribution in [3.63, 3.8) is 0 Å². The van der Waals surface area contributed by atoms with Gasteiger partial charge in [0.2, 0.25) is 0 Å². The summed E-state index contributed by atoms with van der Waals surface area (Å²) in [5, 5.41) is 0.699. The van der Waals surface area contributed by atoms with Crippen LogP contribution < -0.4 is 5.73 Å². The van der Waals surface area contributed by atoms with Gasteiger partial charge in [0.25, 0.3) is 5.22 Å². The Morgan fingerprint density at radius 3 is 2.71 bits per heavy atom. The molecule has 0 fully saturated rings. The van der Waals surface area contributed by atoms with Gasteiger partial charge in [-0.2, -0.15) is 0 Å². The molecule has 0 saturated heterocycles. The van der Waals surface area contributed by atoms with Crippen molar-refractivity contribution in [1.29, 1.82) is 0 Å². The van der Waals surface area contributed by atoms with E-state index in [0.717, 1.165) is 17.9 Å². The molecular formula is C13H16N2OS. The lowest BCUT2D eigenvalue weighted by molar-refractivity contribution is 0.431. The second-order valence-corrected chi connectivity index (χ2v) is 4.86. The quantitative estimate of drug-likeness (QED) is 0.903. The molecular weight excluding hydrogens is 232 g/mol. The Morgan fingerprint density at radius 2 is 2.06 bits per heavy atom. The van der Waals surface area contributed by atoms with E-state index in [-0.39, 0.29) is 0 Å². The number of oxazole rings is 1. The van der Waals surface area contributed by atoms with E-state index in [1.807, 2.05) is 26.0 Å². The summed E-state index contributed by atoms with van der Waals surface area (Å²) < 4.78 is 5.57. The van der Waals surface area contributed by atoms with Crippen molar-refractivity contribution in [3.8, 4) is 0 Å². The Kier molecular flexibility index (Phi) is 3.86. The van der Waals surface area contributed by atoms with Crippen molar-refractivity contribution >= 4 is 11.8 Å². The second kappa shape index (κ2) is 5.38. The van der Waals surface area contributed by atoms with Crippen LogP contribution in [0.4, 0.5) is 0 Å². The molecule has 3 nitrogen and oxygen atoms in total. The maximum absolute atomic E-state index is 5.60. The third-order valence-corrected chi connectivity index (χ3v) is 3.56. The van der Waals surface area contributed by atoms with Crippen LogP contribution in [-0.2, 0) is 6.42 Å². The minimum atomic E-state index is 0.654. The van der Waals surface area contributed by atoms with Gasteiger partial charge in [-0.3, -0.25) is 0 Å². The molecule has 2 rings (SSSR count). The van der Waals surface area contributed by atoms with Crippen molar-refractivity contribution in [3.05, 3.63) is 41.3 Å². The summed E-state index contributed by atoms with van der Waals surface area (Å²) in [6.45, 7) is 4.54. The molecule has 2 aromatic rings. The summed E-state index contributed by atoms with van der Waals surface area (Å²) in [5.74, 6) is 0.879. The number of aryl methyl sites for hydroxylation is 2. The van der Waals surface area contributed by atoms with Gasteiger partial charge in [-0.15, -0.1) is 0 Å². The number of nitrogens with two attached hydrogens (primary N) is 1. The van der Waals surface area contributed by atoms with Crippen LogP contribution in [0.15, 0.2) is 38.8 Å². The molecule has 0 bridgehead atoms. The molecule has 4 heteroatoms. The maximum Gasteiger partial charge on any atom is 0.261 e. The molecule has 1 aromatic carbocycles. The Balaban J connectivity index is 2.23. The van der Waals surface area contributed by atoms with Crippen LogP contribution in [0.3, 0.4) is 0 Å². The van der Waals surface area contributed by atoms with Gasteiger partial charge in [0.1, 0.15) is 5.76 Å². The molecule has 1 heterocycles. The Morgan fingerprint density at radius 1 is 1.29 bits per heavy atom. The van der Waals surface area contributed by atoms with Crippen LogP contribution in [-0.4, -0.2) is 11.5 Å². The van der Waals surface area contributed by atoms with Crippen LogP contribution in [0.1, 0.15) is 17.0 Å². The van der Waals surface area contributed by atoms with Crippen LogP contribution in [0.2, 0.25) is 0 Å². The molecule has 17 heavy (non-hydrogen) atoms. The summed E-state index contributed by atoms with van der Waals surface area (Å²) in [6, 6.07) is 8.22. The molecule has 0 atom stereocenters. The molecule has 1 aromatic heterocycles. The minimum absolute atomic E-state index is 0.654. The topological polar surface area (TPSA) is 52.0 Å². The first-order valence-corrected chi connectivity index (χ1v) is 6.42. The van der Waals surface area contributed by atoms with E-state index in [1.54, 1.807) is 11.8 Å². The van der Waals surface area contributed by atoms with Crippen molar-refractivity contribution < 1.29 is 4.42 Å². The molecule has 0 aliphatic heterocycles. The van der Waals surface area contributed by atoms with Gasteiger partial charge in [0.15, 0.2) is 0 Å². The number of rotatable bonds is 4. The fourth-order valence-electron chi connectivity index (χ4n) is 1.55. The van der Waals surface area contributed by atoms with Gasteiger partial charge in [0, 0.05) is 4.90 Å². The van der Waals surface area contributed by atoms with Gasteiger partial charge in [0.05, 0.1) is 5.69 Å². The average molecular weight is 248 g/mol. The molecule has 0 radical (unpaired) electrons. The van der Waals surface area contributed by atoms with E-state index in [4.69, 9.17) is 10.2 Å². The van der Waals surface area contributed by atoms with Crippen LogP contribution in [0.25, 0.3) is 0 Å². The molecule has 0 saturated carbocycles. The SMILES string of the molecule is Cc1nc(Sc2ccccc2CCN)oc1C. The van der Waals surface area contributed by atoms with Crippen LogP contribution >= 0.6 is 11.8 Å². The highest BCUT2D eigenvalue weighted by atomic mass is 32.2. The summed E-state index contributed by atoms with van der Waals surface area (Å²) in [7, 11) is 0. The number of hydrogen-bond donors (Lipinski definition) is 1. The van der Waals surface area contributed by atoms with Crippen molar-refractivity contribution in [2.45, 2.75) is 30.4 Å². The minimum Gasteiger partial charge on any atom is -0.436 e. The highest BCUT2D eigenvalue weighted by Gasteiger charge is 2.09. The van der Waals surface area contributed by atoms with E-state index in [2.05, 4.69) is 17.1 Å². The Labute approximate surface area is 105 Å². The third kappa shape index (κ3) is 2.90. The fraction of sp³-hybridized carbons (Fsp3) is 0.308. The lowest BCUT2D eigenvalue weighted by atomic mass is 10.1. The predicted molar refractivity (Wildman–Crippen MR) is 69.3 cm³/mol. The van der Waals surface area contributed by atoms with Crippen LogP contribution in [0, 0.1) is 13.8 Å². The number of nitrogens with zero attached hydrogens (tertiary/aromatic N) is 1. The van der Waals surface area contributed by atoms with E-state index in [9.17, 15) is 0 Å². The van der Waals surface area contributed by atoms with E-state index in [0.29, 0.717) is 11.8 Å². The van der Waals surface area contributed by atoms with Crippen LogP contribution in [0.5, 0.6) is 0 Å². The zero-order valence-corrected chi connectivity index (χ0v) is 10.9. The molecule has 0 spiro atoms. The lowest BCUT2D eigenvalue weighted by Gasteiger charge is -2.05. The molecule has 90 valence electrons. The summed E-state index contributed by atoms with van der Waals surface area (Å²) in [4.78, 5) is 5.54. The summed E-state index contributed by atoms with van der Waals surface area (Å²) >= 11 is 1.56. The average Bonchev–Trinajstić information content (AvgIpc) is 2.61. The van der Waals surface area contributed by atoms with Gasteiger partial charge in [-0.1, -0.05) is 18.2 Å². The number of benzene rings is 1. The predicted octanol–water partition coefficient (Wildman–Crippen LogP) is 2.94. The zero-order chi connectivity index (χ0) is 12.3. The van der Waals surface area contributed by atoms with E-state index >= 15 is 0 Å². The Bertz CT molecular complexity index is 488. The first kappa shape index (κ1) is 12.2. The first-order chi connectivity index (χ1) is 8.20. The third-order valence-electron chi connectivity index (χ3n) is 2.59. The first-order valence-electron chi connectivity index (χ1n) is 5.60. The second-order valence-electron chi connectivity index (χ2n) is 3.87. The molecule has 0 amide bonds. The molecule has 2 N–H and O–H groups in total. The van der Waals surface area contributed by atoms with Gasteiger partial charge in [-0.25, -0.2) is 4.98 Å². The standard InChI is InChI=1S/C13H16N2OS/c1-9-10(2)16-13(15-9)17-12-6-4-3-5-11(12)7-8-14/h3-6H,7-8,14H2,1-2H3. The molecule has 0 aliphatic carbocycles. The smallest absolute Gasteiger partial charge is 0.261 e. The lowest BCUT2D eigenvalue weighted by Crippen LogP contribution is -2.03. The van der Waals surface area contributed by atoms with Gasteiger partial charge < -0.3 is 10.2 Å². The number of aromatic nitrogens is 1. The highest BCUT2D eigenvalue weighted by Crippen LogP contribution is 2.30. The normalized spacial score (nSPS) is 10.8. The zero-order valence-electron chi connectivity index (χ0n) is 10.1. The van der Waals surface area contributed by atoms with Crippen molar-refractivity contribution in [2.75, 3.05) is 6.54 Å². The molecule has 0 unspecified atom stereocenters. The fourth-order valence-corrected chi connectivity index (χ4v) is 2.53. The van der Waals surface area contributed by atoms with Crippen molar-refractivity contribution in [2.24, 2.45) is 5.73 Å². The van der Waals surface area contributed by atoms with Crippen molar-refractivity contribution in [1.82, 2.24) is 4.98 Å². The highest BCUT2D eigenvalue weighted by molar-refractivity contribution is 7.99. The maximum atomic E-state index is 5.60.